The average Bonchev–Trinajstić information content (AvgIpc) is 3.19. The van der Waals surface area contributed by atoms with Gasteiger partial charge in [0.25, 0.3) is 5.91 Å². The molecule has 1 fully saturated rings. The zero-order chi connectivity index (χ0) is 20.1. The fourth-order valence-corrected chi connectivity index (χ4v) is 3.88. The van der Waals surface area contributed by atoms with Crippen LogP contribution in [0, 0.1) is 6.92 Å². The molecule has 1 N–H and O–H groups in total. The van der Waals surface area contributed by atoms with E-state index in [0.717, 1.165) is 25.7 Å². The molecule has 0 spiro atoms. The van der Waals surface area contributed by atoms with E-state index in [9.17, 15) is 4.79 Å². The van der Waals surface area contributed by atoms with Gasteiger partial charge in [0.05, 0.1) is 5.56 Å². The number of aromatic nitrogens is 2. The molecule has 1 aromatic heterocycles. The van der Waals surface area contributed by atoms with Crippen LogP contribution in [0.15, 0.2) is 59.1 Å². The summed E-state index contributed by atoms with van der Waals surface area (Å²) in [5.41, 5.74) is 1.92. The van der Waals surface area contributed by atoms with Crippen LogP contribution >= 0.6 is 0 Å². The molecule has 2 aromatic carbocycles. The van der Waals surface area contributed by atoms with E-state index in [-0.39, 0.29) is 18.6 Å². The molecular weight excluding hydrogens is 366 g/mol. The van der Waals surface area contributed by atoms with E-state index in [4.69, 9.17) is 9.26 Å². The van der Waals surface area contributed by atoms with Crippen molar-refractivity contribution in [3.8, 4) is 5.75 Å². The molecule has 0 saturated heterocycles. The lowest BCUT2D eigenvalue weighted by Gasteiger charge is -2.29. The summed E-state index contributed by atoms with van der Waals surface area (Å²) in [5, 5.41) is 7.00. The minimum absolute atomic E-state index is 0.104. The third kappa shape index (κ3) is 4.83. The van der Waals surface area contributed by atoms with Gasteiger partial charge in [-0.2, -0.15) is 4.98 Å². The van der Waals surface area contributed by atoms with Crippen molar-refractivity contribution < 1.29 is 14.1 Å². The molecule has 0 atom stereocenters. The van der Waals surface area contributed by atoms with E-state index in [1.165, 1.54) is 5.56 Å². The number of ether oxygens (including phenoxy) is 1. The van der Waals surface area contributed by atoms with Gasteiger partial charge in [0, 0.05) is 13.0 Å². The lowest BCUT2D eigenvalue weighted by molar-refractivity contribution is 0.0921. The number of para-hydroxylation sites is 1. The van der Waals surface area contributed by atoms with Crippen molar-refractivity contribution >= 4 is 5.91 Å². The highest BCUT2D eigenvalue weighted by Gasteiger charge is 2.24. The summed E-state index contributed by atoms with van der Waals surface area (Å²) in [6.45, 7) is 1.88. The monoisotopic (exact) mass is 391 g/mol. The normalized spacial score (nSPS) is 18.9. The predicted molar refractivity (Wildman–Crippen MR) is 109 cm³/mol. The molecule has 3 aromatic rings. The fraction of sp³-hybridized carbons (Fsp3) is 0.348. The Hall–Kier alpha value is -3.15. The first-order chi connectivity index (χ1) is 14.2. The summed E-state index contributed by atoms with van der Waals surface area (Å²) < 4.78 is 10.7. The predicted octanol–water partition coefficient (Wildman–Crippen LogP) is 4.41. The smallest absolute Gasteiger partial charge is 0.255 e. The fourth-order valence-electron chi connectivity index (χ4n) is 3.88. The first-order valence-corrected chi connectivity index (χ1v) is 10.1. The Morgan fingerprint density at radius 3 is 2.52 bits per heavy atom. The van der Waals surface area contributed by atoms with Gasteiger partial charge in [-0.3, -0.25) is 4.79 Å². The van der Waals surface area contributed by atoms with Gasteiger partial charge >= 0.3 is 0 Å². The molecule has 0 unspecified atom stereocenters. The maximum absolute atomic E-state index is 12.9. The van der Waals surface area contributed by atoms with Crippen molar-refractivity contribution in [2.24, 2.45) is 0 Å². The van der Waals surface area contributed by atoms with E-state index in [1.807, 2.05) is 12.1 Å². The van der Waals surface area contributed by atoms with Gasteiger partial charge in [-0.05, 0) is 49.3 Å². The zero-order valence-corrected chi connectivity index (χ0v) is 16.5. The Balaban J connectivity index is 1.34. The van der Waals surface area contributed by atoms with Gasteiger partial charge in [0.1, 0.15) is 5.75 Å². The van der Waals surface area contributed by atoms with E-state index < -0.39 is 0 Å². The average molecular weight is 391 g/mol. The molecule has 6 nitrogen and oxygen atoms in total. The van der Waals surface area contributed by atoms with Crippen molar-refractivity contribution in [2.45, 2.75) is 51.2 Å². The van der Waals surface area contributed by atoms with Crippen molar-refractivity contribution in [1.82, 2.24) is 15.5 Å². The molecule has 1 amide bonds. The molecule has 4 rings (SSSR count). The van der Waals surface area contributed by atoms with E-state index in [1.54, 1.807) is 19.1 Å². The van der Waals surface area contributed by atoms with Crippen LogP contribution in [0.25, 0.3) is 0 Å². The van der Waals surface area contributed by atoms with E-state index in [2.05, 4.69) is 45.8 Å². The van der Waals surface area contributed by atoms with Gasteiger partial charge in [0.15, 0.2) is 6.61 Å². The molecule has 150 valence electrons. The van der Waals surface area contributed by atoms with Crippen molar-refractivity contribution in [1.29, 1.82) is 0 Å². The molecule has 1 aliphatic rings. The number of benzene rings is 2. The van der Waals surface area contributed by atoms with Crippen LogP contribution in [0.3, 0.4) is 0 Å². The number of aryl methyl sites for hydroxylation is 1. The molecule has 1 heterocycles. The minimum Gasteiger partial charge on any atom is -0.485 e. The Morgan fingerprint density at radius 2 is 1.79 bits per heavy atom. The van der Waals surface area contributed by atoms with Crippen LogP contribution in [-0.4, -0.2) is 22.1 Å². The number of carbonyl (C=O) groups excluding carboxylic acids is 1. The number of nitrogens with zero attached hydrogens (tertiary/aromatic N) is 2. The van der Waals surface area contributed by atoms with Gasteiger partial charge in [-0.25, -0.2) is 0 Å². The lowest BCUT2D eigenvalue weighted by atomic mass is 9.82. The SMILES string of the molecule is Cc1nc(COc2ccccc2C(=O)NC2CCC(c3ccccc3)CC2)no1. The van der Waals surface area contributed by atoms with Gasteiger partial charge < -0.3 is 14.6 Å². The molecule has 0 radical (unpaired) electrons. The molecular formula is C23H25N3O3. The number of rotatable bonds is 6. The lowest BCUT2D eigenvalue weighted by Crippen LogP contribution is -2.37. The highest BCUT2D eigenvalue weighted by molar-refractivity contribution is 5.97. The van der Waals surface area contributed by atoms with E-state index >= 15 is 0 Å². The van der Waals surface area contributed by atoms with Crippen LogP contribution in [0.2, 0.25) is 0 Å². The number of nitrogens with one attached hydrogen (secondary N) is 1. The summed E-state index contributed by atoms with van der Waals surface area (Å²) in [4.78, 5) is 17.0. The van der Waals surface area contributed by atoms with Crippen LogP contribution < -0.4 is 10.1 Å². The van der Waals surface area contributed by atoms with Crippen LogP contribution in [0.5, 0.6) is 5.75 Å². The van der Waals surface area contributed by atoms with Crippen LogP contribution in [0.4, 0.5) is 0 Å². The molecule has 1 aliphatic carbocycles. The maximum atomic E-state index is 12.9. The molecule has 1 saturated carbocycles. The zero-order valence-electron chi connectivity index (χ0n) is 16.5. The second-order valence-corrected chi connectivity index (χ2v) is 7.45. The Labute approximate surface area is 170 Å². The van der Waals surface area contributed by atoms with Crippen LogP contribution in [-0.2, 0) is 6.61 Å². The van der Waals surface area contributed by atoms with E-state index in [0.29, 0.717) is 28.9 Å². The van der Waals surface area contributed by atoms with Crippen molar-refractivity contribution in [2.75, 3.05) is 0 Å². The number of hydrogen-bond acceptors (Lipinski definition) is 5. The summed E-state index contributed by atoms with van der Waals surface area (Å²) >= 11 is 0. The Morgan fingerprint density at radius 1 is 1.07 bits per heavy atom. The molecule has 0 bridgehead atoms. The highest BCUT2D eigenvalue weighted by Crippen LogP contribution is 2.33. The van der Waals surface area contributed by atoms with Gasteiger partial charge in [-0.1, -0.05) is 47.6 Å². The van der Waals surface area contributed by atoms with Crippen LogP contribution in [0.1, 0.15) is 59.2 Å². The first kappa shape index (κ1) is 19.2. The van der Waals surface area contributed by atoms with Gasteiger partial charge in [0.2, 0.25) is 11.7 Å². The molecule has 0 aliphatic heterocycles. The number of amides is 1. The number of carbonyl (C=O) groups is 1. The number of hydrogen-bond donors (Lipinski definition) is 1. The Kier molecular flexibility index (Phi) is 5.89. The van der Waals surface area contributed by atoms with Crippen molar-refractivity contribution in [3.05, 3.63) is 77.4 Å². The molecule has 6 heteroatoms. The standard InChI is InChI=1S/C23H25N3O3/c1-16-24-22(26-29-16)15-28-21-10-6-5-9-20(21)23(27)25-19-13-11-18(12-14-19)17-7-3-2-4-8-17/h2-10,18-19H,11-15H2,1H3,(H,25,27). The van der Waals surface area contributed by atoms with Gasteiger partial charge in [-0.15, -0.1) is 0 Å². The second-order valence-electron chi connectivity index (χ2n) is 7.45. The summed E-state index contributed by atoms with van der Waals surface area (Å²) in [6, 6.07) is 18.1. The first-order valence-electron chi connectivity index (χ1n) is 10.1. The minimum atomic E-state index is -0.104. The maximum Gasteiger partial charge on any atom is 0.255 e. The third-order valence-corrected chi connectivity index (χ3v) is 5.39. The molecule has 29 heavy (non-hydrogen) atoms. The quantitative estimate of drug-likeness (QED) is 0.673. The second kappa shape index (κ2) is 8.90. The third-order valence-electron chi connectivity index (χ3n) is 5.39. The Bertz CT molecular complexity index is 947. The topological polar surface area (TPSA) is 77.2 Å². The summed E-state index contributed by atoms with van der Waals surface area (Å²) in [7, 11) is 0. The summed E-state index contributed by atoms with van der Waals surface area (Å²) in [5.74, 6) is 1.94. The summed E-state index contributed by atoms with van der Waals surface area (Å²) in [6.07, 6.45) is 4.14. The highest BCUT2D eigenvalue weighted by atomic mass is 16.5. The largest absolute Gasteiger partial charge is 0.485 e. The van der Waals surface area contributed by atoms with Crippen molar-refractivity contribution in [3.63, 3.8) is 0 Å².